The fourth-order valence-electron chi connectivity index (χ4n) is 3.77. The Bertz CT molecular complexity index is 805. The van der Waals surface area contributed by atoms with Crippen LogP contribution >= 0.6 is 0 Å². The summed E-state index contributed by atoms with van der Waals surface area (Å²) in [6.07, 6.45) is -1.07. The molecule has 0 spiro atoms. The van der Waals surface area contributed by atoms with Gasteiger partial charge in [0.2, 0.25) is 6.29 Å². The predicted molar refractivity (Wildman–Crippen MR) is 102 cm³/mol. The van der Waals surface area contributed by atoms with E-state index in [0.29, 0.717) is 5.75 Å². The molecule has 1 aliphatic heterocycles. The second-order valence-corrected chi connectivity index (χ2v) is 7.77. The second-order valence-electron chi connectivity index (χ2n) is 7.77. The molecule has 5 unspecified atom stereocenters. The fraction of sp³-hybridized carbons (Fsp3) is 0.600. The number of para-hydroxylation sites is 1. The van der Waals surface area contributed by atoms with Crippen molar-refractivity contribution in [3.63, 3.8) is 0 Å². The monoisotopic (exact) mass is 392 g/mol. The van der Waals surface area contributed by atoms with Crippen LogP contribution in [0.5, 0.6) is 5.75 Å². The van der Waals surface area contributed by atoms with Crippen molar-refractivity contribution in [3.8, 4) is 5.75 Å². The molecule has 28 heavy (non-hydrogen) atoms. The first kappa shape index (κ1) is 19.6. The first-order chi connectivity index (χ1) is 13.5. The summed E-state index contributed by atoms with van der Waals surface area (Å²) in [6, 6.07) is 6.35. The van der Waals surface area contributed by atoms with Crippen LogP contribution in [-0.2, 0) is 11.2 Å². The summed E-state index contributed by atoms with van der Waals surface area (Å²) in [7, 11) is 2.15. The number of hydrogen-bond acceptors (Lipinski definition) is 7. The molecule has 1 aliphatic carbocycles. The molecule has 0 bridgehead atoms. The smallest absolute Gasteiger partial charge is 0.229 e. The highest BCUT2D eigenvalue weighted by atomic mass is 16.7. The van der Waals surface area contributed by atoms with Crippen LogP contribution in [0.25, 0.3) is 10.9 Å². The number of aromatic nitrogens is 1. The van der Waals surface area contributed by atoms with Crippen LogP contribution in [0.4, 0.5) is 0 Å². The Balaban J connectivity index is 1.51. The Morgan fingerprint density at radius 2 is 1.96 bits per heavy atom. The van der Waals surface area contributed by atoms with Crippen LogP contribution in [0.2, 0.25) is 0 Å². The number of nitrogens with zero attached hydrogens (tertiary/aromatic N) is 1. The molecule has 8 nitrogen and oxygen atoms in total. The summed E-state index contributed by atoms with van der Waals surface area (Å²) in [5.74, 6) is 0.476. The lowest BCUT2D eigenvalue weighted by Gasteiger charge is -2.39. The van der Waals surface area contributed by atoms with Gasteiger partial charge in [-0.25, -0.2) is 0 Å². The van der Waals surface area contributed by atoms with Gasteiger partial charge in [0.15, 0.2) is 0 Å². The molecule has 2 fully saturated rings. The number of benzene rings is 1. The van der Waals surface area contributed by atoms with Crippen molar-refractivity contribution < 1.29 is 29.9 Å². The number of ether oxygens (including phenoxy) is 2. The van der Waals surface area contributed by atoms with Crippen molar-refractivity contribution in [1.82, 2.24) is 9.88 Å². The highest BCUT2D eigenvalue weighted by Crippen LogP contribution is 2.31. The van der Waals surface area contributed by atoms with Crippen LogP contribution in [0, 0.1) is 0 Å². The molecule has 0 radical (unpaired) electrons. The van der Waals surface area contributed by atoms with Gasteiger partial charge in [0.05, 0.1) is 12.1 Å². The second kappa shape index (κ2) is 7.98. The Morgan fingerprint density at radius 3 is 2.68 bits per heavy atom. The minimum atomic E-state index is -1.47. The average molecular weight is 392 g/mol. The van der Waals surface area contributed by atoms with E-state index in [1.54, 1.807) is 6.07 Å². The van der Waals surface area contributed by atoms with Gasteiger partial charge in [-0.2, -0.15) is 0 Å². The number of hydrogen-bond donors (Lipinski definition) is 5. The highest BCUT2D eigenvalue weighted by Gasteiger charge is 2.44. The molecule has 2 aliphatic rings. The van der Waals surface area contributed by atoms with E-state index in [0.717, 1.165) is 29.9 Å². The lowest BCUT2D eigenvalue weighted by Crippen LogP contribution is -2.60. The van der Waals surface area contributed by atoms with Gasteiger partial charge >= 0.3 is 0 Å². The largest absolute Gasteiger partial charge is 0.460 e. The Hall–Kier alpha value is -1.68. The molecule has 5 atom stereocenters. The number of nitrogens with one attached hydrogen (secondary N) is 1. The predicted octanol–water partition coefficient (Wildman–Crippen LogP) is -0.0167. The van der Waals surface area contributed by atoms with Gasteiger partial charge in [-0.1, -0.05) is 12.1 Å². The van der Waals surface area contributed by atoms with Crippen LogP contribution in [0.1, 0.15) is 18.4 Å². The van der Waals surface area contributed by atoms with Gasteiger partial charge in [-0.3, -0.25) is 0 Å². The number of rotatable bonds is 7. The molecule has 2 aromatic rings. The first-order valence-electron chi connectivity index (χ1n) is 9.76. The third kappa shape index (κ3) is 3.76. The summed E-state index contributed by atoms with van der Waals surface area (Å²) >= 11 is 0. The lowest BCUT2D eigenvalue weighted by atomic mass is 9.99. The molecule has 2 heterocycles. The van der Waals surface area contributed by atoms with E-state index in [2.05, 4.69) is 16.9 Å². The molecule has 8 heteroatoms. The first-order valence-corrected chi connectivity index (χ1v) is 9.76. The minimum absolute atomic E-state index is 0.476. The lowest BCUT2D eigenvalue weighted by molar-refractivity contribution is -0.277. The summed E-state index contributed by atoms with van der Waals surface area (Å²) in [5.41, 5.74) is 1.96. The van der Waals surface area contributed by atoms with Crippen molar-refractivity contribution in [2.75, 3.05) is 20.2 Å². The Kier molecular flexibility index (Phi) is 5.59. The van der Waals surface area contributed by atoms with E-state index < -0.39 is 37.3 Å². The topological polar surface area (TPSA) is 118 Å². The van der Waals surface area contributed by atoms with E-state index in [1.807, 2.05) is 18.3 Å². The number of aliphatic hydroxyl groups is 4. The fourth-order valence-corrected chi connectivity index (χ4v) is 3.77. The van der Waals surface area contributed by atoms with Crippen molar-refractivity contribution in [3.05, 3.63) is 30.0 Å². The number of aliphatic hydroxyl groups excluding tert-OH is 4. The van der Waals surface area contributed by atoms with E-state index in [1.165, 1.54) is 18.4 Å². The zero-order chi connectivity index (χ0) is 19.8. The van der Waals surface area contributed by atoms with Crippen LogP contribution in [-0.4, -0.2) is 87.3 Å². The Morgan fingerprint density at radius 1 is 1.18 bits per heavy atom. The highest BCUT2D eigenvalue weighted by molar-refractivity contribution is 5.88. The standard InChI is InChI=1S/C20H28N2O6/c1-22(12-5-6-12)8-7-11-9-21-16-13(11)3-2-4-14(16)27-20-19(26)18(25)17(24)15(10-23)28-20/h2-4,9,12,15,17-21,23-26H,5-8,10H2,1H3. The Labute approximate surface area is 163 Å². The number of likely N-dealkylation sites (N-methyl/N-ethyl adjacent to an activating group) is 1. The maximum atomic E-state index is 10.2. The van der Waals surface area contributed by atoms with Gasteiger partial charge in [0, 0.05) is 24.2 Å². The van der Waals surface area contributed by atoms with E-state index in [-0.39, 0.29) is 0 Å². The summed E-state index contributed by atoms with van der Waals surface area (Å²) in [4.78, 5) is 5.62. The summed E-state index contributed by atoms with van der Waals surface area (Å²) < 4.78 is 11.3. The van der Waals surface area contributed by atoms with Crippen molar-refractivity contribution in [1.29, 1.82) is 0 Å². The third-order valence-electron chi connectivity index (χ3n) is 5.76. The van der Waals surface area contributed by atoms with Gasteiger partial charge in [0.1, 0.15) is 30.2 Å². The summed E-state index contributed by atoms with van der Waals surface area (Å²) in [6.45, 7) is 0.492. The molecule has 1 aromatic carbocycles. The van der Waals surface area contributed by atoms with Crippen LogP contribution in [0.15, 0.2) is 24.4 Å². The minimum Gasteiger partial charge on any atom is -0.460 e. The van der Waals surface area contributed by atoms with E-state index in [9.17, 15) is 20.4 Å². The molecule has 1 saturated heterocycles. The normalized spacial score (nSPS) is 30.9. The maximum Gasteiger partial charge on any atom is 0.229 e. The molecule has 0 amide bonds. The van der Waals surface area contributed by atoms with Crippen molar-refractivity contribution in [2.45, 2.75) is 56.0 Å². The maximum absolute atomic E-state index is 10.2. The van der Waals surface area contributed by atoms with Gasteiger partial charge in [-0.15, -0.1) is 0 Å². The van der Waals surface area contributed by atoms with Gasteiger partial charge in [-0.05, 0) is 37.9 Å². The van der Waals surface area contributed by atoms with E-state index >= 15 is 0 Å². The summed E-state index contributed by atoms with van der Waals surface area (Å²) in [5, 5.41) is 40.4. The van der Waals surface area contributed by atoms with E-state index in [4.69, 9.17) is 9.47 Å². The van der Waals surface area contributed by atoms with Crippen molar-refractivity contribution >= 4 is 10.9 Å². The molecule has 5 N–H and O–H groups in total. The molecule has 1 aromatic heterocycles. The average Bonchev–Trinajstić information content (AvgIpc) is 3.47. The van der Waals surface area contributed by atoms with Crippen LogP contribution < -0.4 is 4.74 Å². The van der Waals surface area contributed by atoms with Crippen molar-refractivity contribution in [2.24, 2.45) is 0 Å². The van der Waals surface area contributed by atoms with Gasteiger partial charge in [0.25, 0.3) is 0 Å². The molecule has 4 rings (SSSR count). The number of fused-ring (bicyclic) bond motifs is 1. The molecular formula is C20H28N2O6. The zero-order valence-corrected chi connectivity index (χ0v) is 15.9. The van der Waals surface area contributed by atoms with Crippen LogP contribution in [0.3, 0.4) is 0 Å². The third-order valence-corrected chi connectivity index (χ3v) is 5.76. The van der Waals surface area contributed by atoms with Gasteiger partial charge < -0.3 is 39.8 Å². The zero-order valence-electron chi connectivity index (χ0n) is 15.9. The molecular weight excluding hydrogens is 364 g/mol. The molecule has 154 valence electrons. The SMILES string of the molecule is CN(CCc1c[nH]c2c(OC3OC(CO)C(O)C(O)C3O)cccc12)C1CC1. The quantitative estimate of drug-likeness (QED) is 0.449. The number of H-pyrrole nitrogens is 1. The molecule has 1 saturated carbocycles. The number of aromatic amines is 1.